The molecule has 4 aromatic rings. The number of nitrogens with one attached hydrogen (secondary N) is 1. The van der Waals surface area contributed by atoms with Gasteiger partial charge in [0.05, 0.1) is 6.04 Å². The van der Waals surface area contributed by atoms with Gasteiger partial charge in [0.25, 0.3) is 5.91 Å². The van der Waals surface area contributed by atoms with Crippen LogP contribution in [0, 0.1) is 0 Å². The van der Waals surface area contributed by atoms with Crippen LogP contribution in [0.5, 0.6) is 11.5 Å². The van der Waals surface area contributed by atoms with Crippen molar-refractivity contribution in [1.29, 1.82) is 0 Å². The van der Waals surface area contributed by atoms with Crippen molar-refractivity contribution >= 4 is 39.9 Å². The number of carbonyl (C=O) groups is 1. The highest BCUT2D eigenvalue weighted by molar-refractivity contribution is 6.35. The molecule has 156 valence electrons. The molecule has 0 aromatic heterocycles. The van der Waals surface area contributed by atoms with E-state index in [4.69, 9.17) is 27.9 Å². The second-order valence-corrected chi connectivity index (χ2v) is 7.83. The standard InChI is InChI=1S/C25H19Cl2NO3/c26-17-11-12-20(21(27)14-17)25(28-23(30)15-31-18-7-2-1-3-8-18)24-19-9-5-4-6-16(19)10-13-22(24)29/h1-14,25,29H,15H2,(H,28,30)/t25-/m1/s1. The predicted octanol–water partition coefficient (Wildman–Crippen LogP) is 6.14. The third-order valence-corrected chi connectivity index (χ3v) is 5.49. The van der Waals surface area contributed by atoms with Gasteiger partial charge in [-0.05, 0) is 46.7 Å². The fourth-order valence-electron chi connectivity index (χ4n) is 3.50. The molecule has 31 heavy (non-hydrogen) atoms. The van der Waals surface area contributed by atoms with Gasteiger partial charge < -0.3 is 15.2 Å². The third kappa shape index (κ3) is 4.76. The molecule has 0 aliphatic heterocycles. The molecule has 2 N–H and O–H groups in total. The largest absolute Gasteiger partial charge is 0.508 e. The zero-order valence-electron chi connectivity index (χ0n) is 16.4. The number of aromatic hydroxyl groups is 1. The lowest BCUT2D eigenvalue weighted by Crippen LogP contribution is -2.33. The molecule has 1 atom stereocenters. The first-order valence-electron chi connectivity index (χ1n) is 9.65. The topological polar surface area (TPSA) is 58.6 Å². The maximum atomic E-state index is 12.8. The molecule has 0 aliphatic carbocycles. The number of halogens is 2. The number of para-hydroxylation sites is 1. The minimum atomic E-state index is -0.706. The summed E-state index contributed by atoms with van der Waals surface area (Å²) in [7, 11) is 0. The minimum absolute atomic E-state index is 0.0546. The smallest absolute Gasteiger partial charge is 0.258 e. The maximum Gasteiger partial charge on any atom is 0.258 e. The first-order chi connectivity index (χ1) is 15.0. The molecule has 0 radical (unpaired) electrons. The van der Waals surface area contributed by atoms with Crippen molar-refractivity contribution in [3.05, 3.63) is 106 Å². The second-order valence-electron chi connectivity index (χ2n) is 6.99. The molecule has 0 saturated heterocycles. The van der Waals surface area contributed by atoms with Crippen molar-refractivity contribution in [2.75, 3.05) is 6.61 Å². The van der Waals surface area contributed by atoms with E-state index in [0.717, 1.165) is 10.8 Å². The second kappa shape index (κ2) is 9.29. The molecule has 4 nitrogen and oxygen atoms in total. The first-order valence-corrected chi connectivity index (χ1v) is 10.4. The van der Waals surface area contributed by atoms with E-state index < -0.39 is 6.04 Å². The molecule has 0 spiro atoms. The number of ether oxygens (including phenoxy) is 1. The van der Waals surface area contributed by atoms with E-state index in [-0.39, 0.29) is 18.3 Å². The summed E-state index contributed by atoms with van der Waals surface area (Å²) in [6.07, 6.45) is 0. The van der Waals surface area contributed by atoms with Crippen LogP contribution >= 0.6 is 23.2 Å². The number of phenolic OH excluding ortho intramolecular Hbond substituents is 1. The number of amides is 1. The number of rotatable bonds is 6. The van der Waals surface area contributed by atoms with Gasteiger partial charge in [-0.15, -0.1) is 0 Å². The Bertz CT molecular complexity index is 1230. The summed E-state index contributed by atoms with van der Waals surface area (Å²) in [5, 5.41) is 16.3. The fourth-order valence-corrected chi connectivity index (χ4v) is 4.01. The molecule has 0 unspecified atom stereocenters. The maximum absolute atomic E-state index is 12.8. The Kier molecular flexibility index (Phi) is 6.31. The molecule has 0 bridgehead atoms. The lowest BCUT2D eigenvalue weighted by atomic mass is 9.92. The summed E-state index contributed by atoms with van der Waals surface area (Å²) < 4.78 is 5.58. The summed E-state index contributed by atoms with van der Waals surface area (Å²) in [6, 6.07) is 24.5. The van der Waals surface area contributed by atoms with Crippen molar-refractivity contribution in [3.8, 4) is 11.5 Å². The molecule has 6 heteroatoms. The monoisotopic (exact) mass is 451 g/mol. The van der Waals surface area contributed by atoms with Crippen molar-refractivity contribution in [2.24, 2.45) is 0 Å². The Hall–Kier alpha value is -3.21. The van der Waals surface area contributed by atoms with Gasteiger partial charge in [0.1, 0.15) is 11.5 Å². The van der Waals surface area contributed by atoms with Crippen LogP contribution in [0.4, 0.5) is 0 Å². The summed E-state index contributed by atoms with van der Waals surface area (Å²) >= 11 is 12.6. The van der Waals surface area contributed by atoms with Crippen LogP contribution in [0.3, 0.4) is 0 Å². The SMILES string of the molecule is O=C(COc1ccccc1)N[C@H](c1ccc(Cl)cc1Cl)c1c(O)ccc2ccccc12. The van der Waals surface area contributed by atoms with Gasteiger partial charge in [0.2, 0.25) is 0 Å². The van der Waals surface area contributed by atoms with Gasteiger partial charge in [0, 0.05) is 15.6 Å². The fraction of sp³-hybridized carbons (Fsp3) is 0.0800. The average molecular weight is 452 g/mol. The quantitative estimate of drug-likeness (QED) is 0.370. The van der Waals surface area contributed by atoms with E-state index in [9.17, 15) is 9.90 Å². The van der Waals surface area contributed by atoms with Gasteiger partial charge in [-0.25, -0.2) is 0 Å². The van der Waals surface area contributed by atoms with Crippen LogP contribution in [-0.2, 0) is 4.79 Å². The van der Waals surface area contributed by atoms with Gasteiger partial charge in [-0.2, -0.15) is 0 Å². The van der Waals surface area contributed by atoms with Crippen molar-refractivity contribution in [2.45, 2.75) is 6.04 Å². The van der Waals surface area contributed by atoms with Gasteiger partial charge in [-0.3, -0.25) is 4.79 Å². The highest BCUT2D eigenvalue weighted by atomic mass is 35.5. The van der Waals surface area contributed by atoms with Crippen LogP contribution < -0.4 is 10.1 Å². The normalized spacial score (nSPS) is 11.8. The van der Waals surface area contributed by atoms with E-state index in [1.165, 1.54) is 0 Å². The number of carbonyl (C=O) groups excluding carboxylic acids is 1. The van der Waals surface area contributed by atoms with Crippen LogP contribution in [0.25, 0.3) is 10.8 Å². The van der Waals surface area contributed by atoms with E-state index in [0.29, 0.717) is 26.9 Å². The zero-order valence-corrected chi connectivity index (χ0v) is 17.9. The van der Waals surface area contributed by atoms with Crippen molar-refractivity contribution in [1.82, 2.24) is 5.32 Å². The molecule has 1 amide bonds. The van der Waals surface area contributed by atoms with E-state index in [1.54, 1.807) is 36.4 Å². The zero-order chi connectivity index (χ0) is 21.8. The molecule has 0 fully saturated rings. The van der Waals surface area contributed by atoms with Crippen molar-refractivity contribution < 1.29 is 14.6 Å². The van der Waals surface area contributed by atoms with Gasteiger partial charge >= 0.3 is 0 Å². The van der Waals surface area contributed by atoms with Crippen LogP contribution in [0.15, 0.2) is 84.9 Å². The molecule has 0 saturated carbocycles. The molecule has 4 rings (SSSR count). The highest BCUT2D eigenvalue weighted by Gasteiger charge is 2.25. The molecule has 0 aliphatic rings. The minimum Gasteiger partial charge on any atom is -0.508 e. The summed E-state index contributed by atoms with van der Waals surface area (Å²) in [5.74, 6) is 0.290. The lowest BCUT2D eigenvalue weighted by molar-refractivity contribution is -0.123. The molecule has 4 aromatic carbocycles. The number of phenols is 1. The first kappa shape index (κ1) is 21.0. The number of benzene rings is 4. The Labute approximate surface area is 190 Å². The Balaban J connectivity index is 1.72. The van der Waals surface area contributed by atoms with Crippen molar-refractivity contribution in [3.63, 3.8) is 0 Å². The van der Waals surface area contributed by atoms with Crippen LogP contribution in [0.1, 0.15) is 17.2 Å². The van der Waals surface area contributed by atoms with Crippen LogP contribution in [-0.4, -0.2) is 17.6 Å². The Morgan fingerprint density at radius 1 is 0.935 bits per heavy atom. The molecule has 0 heterocycles. The predicted molar refractivity (Wildman–Crippen MR) is 124 cm³/mol. The van der Waals surface area contributed by atoms with Gasteiger partial charge in [0.15, 0.2) is 6.61 Å². The van der Waals surface area contributed by atoms with E-state index in [1.807, 2.05) is 48.5 Å². The highest BCUT2D eigenvalue weighted by Crippen LogP contribution is 2.38. The Morgan fingerprint density at radius 2 is 1.68 bits per heavy atom. The van der Waals surface area contributed by atoms with Crippen LogP contribution in [0.2, 0.25) is 10.0 Å². The molecular formula is C25H19Cl2NO3. The number of fused-ring (bicyclic) bond motifs is 1. The lowest BCUT2D eigenvalue weighted by Gasteiger charge is -2.23. The Morgan fingerprint density at radius 3 is 2.45 bits per heavy atom. The molecular weight excluding hydrogens is 433 g/mol. The average Bonchev–Trinajstić information content (AvgIpc) is 2.77. The number of hydrogen-bond acceptors (Lipinski definition) is 3. The van der Waals surface area contributed by atoms with E-state index >= 15 is 0 Å². The summed E-state index contributed by atoms with van der Waals surface area (Å²) in [4.78, 5) is 12.8. The summed E-state index contributed by atoms with van der Waals surface area (Å²) in [6.45, 7) is -0.183. The van der Waals surface area contributed by atoms with Gasteiger partial charge in [-0.1, -0.05) is 77.8 Å². The van der Waals surface area contributed by atoms with E-state index in [2.05, 4.69) is 5.32 Å². The number of hydrogen-bond donors (Lipinski definition) is 2. The third-order valence-electron chi connectivity index (χ3n) is 4.93. The summed E-state index contributed by atoms with van der Waals surface area (Å²) in [5.41, 5.74) is 1.17.